The van der Waals surface area contributed by atoms with Crippen molar-refractivity contribution in [3.63, 3.8) is 0 Å². The third-order valence-electron chi connectivity index (χ3n) is 4.27. The van der Waals surface area contributed by atoms with Gasteiger partial charge in [-0.3, -0.25) is 4.79 Å². The van der Waals surface area contributed by atoms with E-state index in [1.165, 1.54) is 11.3 Å². The molecule has 1 aromatic heterocycles. The van der Waals surface area contributed by atoms with Crippen LogP contribution >= 0.6 is 11.3 Å². The van der Waals surface area contributed by atoms with Gasteiger partial charge in [0.1, 0.15) is 10.6 Å². The predicted octanol–water partition coefficient (Wildman–Crippen LogP) is 2.69. The lowest BCUT2D eigenvalue weighted by atomic mass is 9.78. The van der Waals surface area contributed by atoms with Crippen LogP contribution in [0.25, 0.3) is 0 Å². The number of carbonyl (C=O) groups is 1. The average molecular weight is 297 g/mol. The highest BCUT2D eigenvalue weighted by molar-refractivity contribution is 7.14. The van der Waals surface area contributed by atoms with Gasteiger partial charge in [0.2, 0.25) is 0 Å². The first-order valence-corrected chi connectivity index (χ1v) is 7.91. The standard InChI is InChI=1S/C15H23NO3S/c1-4-15(10-17)6-5-7-16(9-15)14(18)13-12(19-3)8-11(2)20-13/h8,17H,4-7,9-10H2,1-3H3/t15-/m1/s1. The molecule has 1 aliphatic rings. The molecule has 4 nitrogen and oxygen atoms in total. The Hall–Kier alpha value is -1.07. The first-order valence-electron chi connectivity index (χ1n) is 7.10. The lowest BCUT2D eigenvalue weighted by Gasteiger charge is -2.41. The molecule has 1 aromatic rings. The minimum Gasteiger partial charge on any atom is -0.495 e. The summed E-state index contributed by atoms with van der Waals surface area (Å²) in [7, 11) is 1.60. The summed E-state index contributed by atoms with van der Waals surface area (Å²) in [6.45, 7) is 5.61. The molecule has 1 N–H and O–H groups in total. The van der Waals surface area contributed by atoms with E-state index in [-0.39, 0.29) is 17.9 Å². The van der Waals surface area contributed by atoms with Crippen molar-refractivity contribution in [3.05, 3.63) is 15.8 Å². The molecule has 0 radical (unpaired) electrons. The molecule has 0 bridgehead atoms. The molecule has 0 spiro atoms. The van der Waals surface area contributed by atoms with Crippen molar-refractivity contribution in [3.8, 4) is 5.75 Å². The summed E-state index contributed by atoms with van der Waals surface area (Å²) in [6, 6.07) is 1.90. The minimum absolute atomic E-state index is 0.0333. The van der Waals surface area contributed by atoms with Gasteiger partial charge >= 0.3 is 0 Å². The number of aryl methyl sites for hydroxylation is 1. The van der Waals surface area contributed by atoms with Crippen LogP contribution in [0.2, 0.25) is 0 Å². The van der Waals surface area contributed by atoms with Crippen LogP contribution in [0.4, 0.5) is 0 Å². The normalized spacial score (nSPS) is 22.9. The van der Waals surface area contributed by atoms with Gasteiger partial charge in [-0.15, -0.1) is 11.3 Å². The number of rotatable bonds is 4. The highest BCUT2D eigenvalue weighted by Gasteiger charge is 2.36. The van der Waals surface area contributed by atoms with Crippen LogP contribution in [-0.4, -0.2) is 42.7 Å². The lowest BCUT2D eigenvalue weighted by Crippen LogP contribution is -2.47. The van der Waals surface area contributed by atoms with Gasteiger partial charge in [-0.25, -0.2) is 0 Å². The number of amides is 1. The molecule has 2 rings (SSSR count). The molecular formula is C15H23NO3S. The lowest BCUT2D eigenvalue weighted by molar-refractivity contribution is 0.0253. The summed E-state index contributed by atoms with van der Waals surface area (Å²) < 4.78 is 5.30. The summed E-state index contributed by atoms with van der Waals surface area (Å²) >= 11 is 1.48. The Labute approximate surface area is 124 Å². The number of likely N-dealkylation sites (tertiary alicyclic amines) is 1. The van der Waals surface area contributed by atoms with Crippen LogP contribution in [0.1, 0.15) is 40.7 Å². The van der Waals surface area contributed by atoms with Crippen LogP contribution in [0.3, 0.4) is 0 Å². The molecule has 20 heavy (non-hydrogen) atoms. The molecule has 0 aliphatic carbocycles. The van der Waals surface area contributed by atoms with E-state index < -0.39 is 0 Å². The van der Waals surface area contributed by atoms with Gasteiger partial charge < -0.3 is 14.7 Å². The zero-order valence-electron chi connectivity index (χ0n) is 12.4. The second-order valence-electron chi connectivity index (χ2n) is 5.60. The fourth-order valence-corrected chi connectivity index (χ4v) is 3.79. The SMILES string of the molecule is CC[C@@]1(CO)CCCN(C(=O)c2sc(C)cc2OC)C1. The van der Waals surface area contributed by atoms with Crippen molar-refractivity contribution in [1.82, 2.24) is 4.90 Å². The van der Waals surface area contributed by atoms with Crippen LogP contribution in [-0.2, 0) is 0 Å². The Balaban J connectivity index is 2.20. The van der Waals surface area contributed by atoms with E-state index in [1.54, 1.807) is 7.11 Å². The maximum absolute atomic E-state index is 12.7. The van der Waals surface area contributed by atoms with Crippen molar-refractivity contribution in [2.24, 2.45) is 5.41 Å². The summed E-state index contributed by atoms with van der Waals surface area (Å²) in [5, 5.41) is 9.66. The maximum Gasteiger partial charge on any atom is 0.267 e. The van der Waals surface area contributed by atoms with E-state index in [1.807, 2.05) is 17.9 Å². The molecule has 1 aliphatic heterocycles. The van der Waals surface area contributed by atoms with Crippen molar-refractivity contribution >= 4 is 17.2 Å². The van der Waals surface area contributed by atoms with Crippen molar-refractivity contribution in [2.45, 2.75) is 33.1 Å². The fourth-order valence-electron chi connectivity index (χ4n) is 2.85. The van der Waals surface area contributed by atoms with Gasteiger partial charge in [0.15, 0.2) is 0 Å². The number of carbonyl (C=O) groups excluding carboxylic acids is 1. The van der Waals surface area contributed by atoms with Gasteiger partial charge in [0, 0.05) is 23.4 Å². The molecule has 0 saturated carbocycles. The molecule has 5 heteroatoms. The number of aliphatic hydroxyl groups excluding tert-OH is 1. The third kappa shape index (κ3) is 2.83. The van der Waals surface area contributed by atoms with E-state index in [9.17, 15) is 9.90 Å². The zero-order chi connectivity index (χ0) is 14.8. The summed E-state index contributed by atoms with van der Waals surface area (Å²) in [6.07, 6.45) is 2.84. The topological polar surface area (TPSA) is 49.8 Å². The predicted molar refractivity (Wildman–Crippen MR) is 80.6 cm³/mol. The van der Waals surface area contributed by atoms with Crippen LogP contribution < -0.4 is 4.74 Å². The number of hydrogen-bond acceptors (Lipinski definition) is 4. The van der Waals surface area contributed by atoms with Crippen molar-refractivity contribution in [2.75, 3.05) is 26.8 Å². The summed E-state index contributed by atoms with van der Waals surface area (Å²) in [5.74, 6) is 0.695. The quantitative estimate of drug-likeness (QED) is 0.929. The molecule has 112 valence electrons. The summed E-state index contributed by atoms with van der Waals surface area (Å²) in [5.41, 5.74) is -0.131. The highest BCUT2D eigenvalue weighted by atomic mass is 32.1. The second kappa shape index (κ2) is 6.14. The fraction of sp³-hybridized carbons (Fsp3) is 0.667. The van der Waals surface area contributed by atoms with E-state index in [0.29, 0.717) is 17.2 Å². The summed E-state index contributed by atoms with van der Waals surface area (Å²) in [4.78, 5) is 16.3. The molecule has 1 saturated heterocycles. The molecule has 1 fully saturated rings. The van der Waals surface area contributed by atoms with Gasteiger partial charge in [0.05, 0.1) is 13.7 Å². The van der Waals surface area contributed by atoms with Gasteiger partial charge in [0.25, 0.3) is 5.91 Å². The van der Waals surface area contributed by atoms with E-state index >= 15 is 0 Å². The van der Waals surface area contributed by atoms with Crippen molar-refractivity contribution < 1.29 is 14.6 Å². The number of aliphatic hydroxyl groups is 1. The number of ether oxygens (including phenoxy) is 1. The molecule has 2 heterocycles. The van der Waals surface area contributed by atoms with Crippen LogP contribution in [0.15, 0.2) is 6.07 Å². The molecule has 0 unspecified atom stereocenters. The number of nitrogens with zero attached hydrogens (tertiary/aromatic N) is 1. The van der Waals surface area contributed by atoms with Gasteiger partial charge in [-0.05, 0) is 32.3 Å². The first-order chi connectivity index (χ1) is 9.55. The van der Waals surface area contributed by atoms with Gasteiger partial charge in [-0.1, -0.05) is 6.92 Å². The monoisotopic (exact) mass is 297 g/mol. The third-order valence-corrected chi connectivity index (χ3v) is 5.29. The number of hydrogen-bond donors (Lipinski definition) is 1. The number of piperidine rings is 1. The second-order valence-corrected chi connectivity index (χ2v) is 6.85. The maximum atomic E-state index is 12.7. The van der Waals surface area contributed by atoms with E-state index in [2.05, 4.69) is 6.92 Å². The highest BCUT2D eigenvalue weighted by Crippen LogP contribution is 2.36. The van der Waals surface area contributed by atoms with E-state index in [4.69, 9.17) is 4.74 Å². The average Bonchev–Trinajstić information content (AvgIpc) is 2.87. The Morgan fingerprint density at radius 2 is 2.35 bits per heavy atom. The Kier molecular flexibility index (Phi) is 4.70. The van der Waals surface area contributed by atoms with E-state index in [0.717, 1.165) is 30.7 Å². The minimum atomic E-state index is -0.131. The number of methoxy groups -OCH3 is 1. The molecule has 0 aromatic carbocycles. The smallest absolute Gasteiger partial charge is 0.267 e. The zero-order valence-corrected chi connectivity index (χ0v) is 13.3. The largest absolute Gasteiger partial charge is 0.495 e. The van der Waals surface area contributed by atoms with Crippen LogP contribution in [0, 0.1) is 12.3 Å². The van der Waals surface area contributed by atoms with Crippen molar-refractivity contribution in [1.29, 1.82) is 0 Å². The molecule has 1 amide bonds. The number of thiophene rings is 1. The molecular weight excluding hydrogens is 274 g/mol. The Bertz CT molecular complexity index is 479. The molecule has 1 atom stereocenters. The van der Waals surface area contributed by atoms with Crippen LogP contribution in [0.5, 0.6) is 5.75 Å². The Morgan fingerprint density at radius 1 is 1.60 bits per heavy atom. The first kappa shape index (κ1) is 15.3. The Morgan fingerprint density at radius 3 is 2.95 bits per heavy atom. The van der Waals surface area contributed by atoms with Gasteiger partial charge in [-0.2, -0.15) is 0 Å².